The minimum atomic E-state index is -1.28. The number of carbonyl (C=O) groups excluding carboxylic acids is 1. The molecule has 2 aromatic carbocycles. The number of carboxylic acids is 1. The third kappa shape index (κ3) is 5.26. The maximum Gasteiger partial charge on any atom is 0.105 e. The topological polar surface area (TPSA) is 95.2 Å². The van der Waals surface area contributed by atoms with Crippen molar-refractivity contribution in [3.05, 3.63) is 82.6 Å². The Bertz CT molecular complexity index is 983. The second-order valence-electron chi connectivity index (χ2n) is 5.56. The van der Waals surface area contributed by atoms with Gasteiger partial charge in [0.1, 0.15) is 5.69 Å². The van der Waals surface area contributed by atoms with Crippen molar-refractivity contribution < 1.29 is 9.90 Å². The van der Waals surface area contributed by atoms with Crippen molar-refractivity contribution in [1.29, 1.82) is 0 Å². The summed E-state index contributed by atoms with van der Waals surface area (Å²) in [4.78, 5) is 10.9. The van der Waals surface area contributed by atoms with Gasteiger partial charge >= 0.3 is 0 Å². The molecule has 0 bridgehead atoms. The zero-order valence-electron chi connectivity index (χ0n) is 14.1. The van der Waals surface area contributed by atoms with Crippen LogP contribution in [0, 0.1) is 0 Å². The number of rotatable bonds is 7. The molecule has 8 heteroatoms. The van der Waals surface area contributed by atoms with Gasteiger partial charge in [0.2, 0.25) is 0 Å². The molecule has 7 nitrogen and oxygen atoms in total. The number of carbonyl (C=O) groups is 1. The predicted octanol–water partition coefficient (Wildman–Crippen LogP) is 2.45. The summed E-state index contributed by atoms with van der Waals surface area (Å²) >= 11 is 5.99. The summed E-state index contributed by atoms with van der Waals surface area (Å²) in [6.45, 7) is 0.643. The van der Waals surface area contributed by atoms with Gasteiger partial charge in [0.25, 0.3) is 0 Å². The number of nitrogens with zero attached hydrogens (tertiary/aromatic N) is 4. The lowest BCUT2D eigenvalue weighted by Crippen LogP contribution is -2.22. The molecule has 0 atom stereocenters. The van der Waals surface area contributed by atoms with Crippen LogP contribution >= 0.6 is 11.6 Å². The van der Waals surface area contributed by atoms with Crippen molar-refractivity contribution in [2.45, 2.75) is 6.54 Å². The molecule has 3 aromatic rings. The smallest absolute Gasteiger partial charge is 0.105 e. The van der Waals surface area contributed by atoms with E-state index in [-0.39, 0.29) is 5.56 Å². The Morgan fingerprint density at radius 1 is 1.26 bits per heavy atom. The van der Waals surface area contributed by atoms with Gasteiger partial charge in [0.05, 0.1) is 29.4 Å². The van der Waals surface area contributed by atoms with E-state index in [1.54, 1.807) is 16.8 Å². The lowest BCUT2D eigenvalue weighted by molar-refractivity contribution is -0.255. The molecule has 0 aliphatic carbocycles. The number of hydrogen-bond donors (Lipinski definition) is 1. The Labute approximate surface area is 160 Å². The van der Waals surface area contributed by atoms with E-state index in [0.717, 1.165) is 5.56 Å². The molecule has 1 N–H and O–H groups in total. The first-order chi connectivity index (χ1) is 13.1. The standard InChI is InChI=1S/C19H16ClN5O2/c20-17-9-8-15(19(26)27)11-18(17)23-21-10-4-7-16-13-25(24-22-16)12-14-5-2-1-3-6-14/h1-11,13,23H,12H2,(H,26,27)/p-1/b7-4+,21-10-. The molecular weight excluding hydrogens is 366 g/mol. The number of benzene rings is 2. The van der Waals surface area contributed by atoms with Gasteiger partial charge in [-0.25, -0.2) is 4.68 Å². The summed E-state index contributed by atoms with van der Waals surface area (Å²) in [5.74, 6) is -1.28. The fourth-order valence-electron chi connectivity index (χ4n) is 2.27. The van der Waals surface area contributed by atoms with Crippen LogP contribution in [0.25, 0.3) is 6.08 Å². The lowest BCUT2D eigenvalue weighted by Gasteiger charge is -2.07. The zero-order valence-corrected chi connectivity index (χ0v) is 14.9. The molecule has 136 valence electrons. The van der Waals surface area contributed by atoms with Gasteiger partial charge in [0, 0.05) is 6.21 Å². The molecular formula is C19H15ClN5O2-. The number of carboxylic acid groups (broad SMARTS) is 1. The van der Waals surface area contributed by atoms with Crippen LogP contribution in [0.5, 0.6) is 0 Å². The molecule has 0 amide bonds. The molecule has 1 heterocycles. The van der Waals surface area contributed by atoms with Crippen LogP contribution in [0.3, 0.4) is 0 Å². The average Bonchev–Trinajstić information content (AvgIpc) is 3.10. The Kier molecular flexibility index (Phi) is 5.96. The fraction of sp³-hybridized carbons (Fsp3) is 0.0526. The Morgan fingerprint density at radius 3 is 2.85 bits per heavy atom. The Balaban J connectivity index is 1.56. The van der Waals surface area contributed by atoms with E-state index in [1.807, 2.05) is 36.5 Å². The summed E-state index contributed by atoms with van der Waals surface area (Å²) in [5.41, 5.74) is 4.90. The minimum Gasteiger partial charge on any atom is -0.545 e. The highest BCUT2D eigenvalue weighted by molar-refractivity contribution is 6.33. The second-order valence-corrected chi connectivity index (χ2v) is 5.96. The third-order valence-electron chi connectivity index (χ3n) is 3.56. The summed E-state index contributed by atoms with van der Waals surface area (Å²) < 4.78 is 1.75. The summed E-state index contributed by atoms with van der Waals surface area (Å²) in [7, 11) is 0. The first-order valence-corrected chi connectivity index (χ1v) is 8.40. The van der Waals surface area contributed by atoms with Gasteiger partial charge < -0.3 is 9.90 Å². The van der Waals surface area contributed by atoms with Crippen molar-refractivity contribution in [2.24, 2.45) is 5.10 Å². The van der Waals surface area contributed by atoms with Gasteiger partial charge in [0.15, 0.2) is 0 Å². The maximum atomic E-state index is 10.9. The van der Waals surface area contributed by atoms with Crippen LogP contribution in [-0.4, -0.2) is 27.2 Å². The Morgan fingerprint density at radius 2 is 2.07 bits per heavy atom. The van der Waals surface area contributed by atoms with Crippen molar-refractivity contribution in [2.75, 3.05) is 5.43 Å². The number of halogens is 1. The highest BCUT2D eigenvalue weighted by atomic mass is 35.5. The molecule has 0 radical (unpaired) electrons. The Hall–Kier alpha value is -3.45. The minimum absolute atomic E-state index is 0.0164. The number of allylic oxidation sites excluding steroid dienone is 1. The van der Waals surface area contributed by atoms with Crippen molar-refractivity contribution >= 4 is 35.5 Å². The van der Waals surface area contributed by atoms with Crippen LogP contribution in [0.15, 0.2) is 65.9 Å². The van der Waals surface area contributed by atoms with Crippen LogP contribution in [0.1, 0.15) is 21.6 Å². The highest BCUT2D eigenvalue weighted by Crippen LogP contribution is 2.22. The summed E-state index contributed by atoms with van der Waals surface area (Å²) in [5, 5.41) is 23.3. The number of hydrazone groups is 1. The van der Waals surface area contributed by atoms with Crippen molar-refractivity contribution in [3.63, 3.8) is 0 Å². The highest BCUT2D eigenvalue weighted by Gasteiger charge is 2.01. The number of aromatic nitrogens is 3. The van der Waals surface area contributed by atoms with E-state index in [9.17, 15) is 9.90 Å². The van der Waals surface area contributed by atoms with Crippen molar-refractivity contribution in [1.82, 2.24) is 15.0 Å². The van der Waals surface area contributed by atoms with E-state index in [2.05, 4.69) is 20.8 Å². The van der Waals surface area contributed by atoms with E-state index in [4.69, 9.17) is 11.6 Å². The number of nitrogens with one attached hydrogen (secondary N) is 1. The summed E-state index contributed by atoms with van der Waals surface area (Å²) in [6.07, 6.45) is 6.75. The molecule has 0 fully saturated rings. The third-order valence-corrected chi connectivity index (χ3v) is 3.89. The number of aromatic carboxylic acids is 1. The SMILES string of the molecule is O=C([O-])c1ccc(Cl)c(N/N=C\C=C\c2cn(Cc3ccccc3)nn2)c1. The van der Waals surface area contributed by atoms with Gasteiger partial charge in [-0.3, -0.25) is 5.43 Å². The van der Waals surface area contributed by atoms with Gasteiger partial charge in [-0.15, -0.1) is 5.10 Å². The lowest BCUT2D eigenvalue weighted by atomic mass is 10.2. The summed E-state index contributed by atoms with van der Waals surface area (Å²) in [6, 6.07) is 14.2. The van der Waals surface area contributed by atoms with Gasteiger partial charge in [-0.2, -0.15) is 5.10 Å². The molecule has 0 unspecified atom stereocenters. The molecule has 27 heavy (non-hydrogen) atoms. The van der Waals surface area contributed by atoms with Gasteiger partial charge in [-0.1, -0.05) is 53.2 Å². The normalized spacial score (nSPS) is 11.3. The second kappa shape index (κ2) is 8.77. The van der Waals surface area contributed by atoms with E-state index in [0.29, 0.717) is 22.9 Å². The zero-order chi connectivity index (χ0) is 19.1. The van der Waals surface area contributed by atoms with E-state index >= 15 is 0 Å². The number of hydrogen-bond acceptors (Lipinski definition) is 6. The maximum absolute atomic E-state index is 10.9. The van der Waals surface area contributed by atoms with Gasteiger partial charge in [-0.05, 0) is 35.4 Å². The first-order valence-electron chi connectivity index (χ1n) is 8.02. The molecule has 0 aliphatic heterocycles. The quantitative estimate of drug-likeness (QED) is 0.501. The van der Waals surface area contributed by atoms with E-state index < -0.39 is 5.97 Å². The van der Waals surface area contributed by atoms with Crippen LogP contribution in [0.4, 0.5) is 5.69 Å². The molecule has 0 spiro atoms. The van der Waals surface area contributed by atoms with E-state index in [1.165, 1.54) is 24.4 Å². The fourth-order valence-corrected chi connectivity index (χ4v) is 2.43. The van der Waals surface area contributed by atoms with Crippen molar-refractivity contribution in [3.8, 4) is 0 Å². The molecule has 1 aromatic heterocycles. The monoisotopic (exact) mass is 380 g/mol. The van der Waals surface area contributed by atoms with Crippen LogP contribution in [-0.2, 0) is 6.54 Å². The molecule has 0 saturated heterocycles. The van der Waals surface area contributed by atoms with Crippen LogP contribution < -0.4 is 10.5 Å². The first kappa shape index (κ1) is 18.3. The molecule has 3 rings (SSSR count). The molecule has 0 saturated carbocycles. The predicted molar refractivity (Wildman–Crippen MR) is 102 cm³/mol. The average molecular weight is 381 g/mol. The number of anilines is 1. The molecule has 0 aliphatic rings. The van der Waals surface area contributed by atoms with Crippen LogP contribution in [0.2, 0.25) is 5.02 Å². The largest absolute Gasteiger partial charge is 0.545 e.